The van der Waals surface area contributed by atoms with Crippen LogP contribution >= 0.6 is 11.3 Å². The lowest BCUT2D eigenvalue weighted by atomic mass is 9.79. The summed E-state index contributed by atoms with van der Waals surface area (Å²) in [5.74, 6) is 0.344. The Morgan fingerprint density at radius 1 is 1.19 bits per heavy atom. The zero-order valence-electron chi connectivity index (χ0n) is 15.2. The molecule has 3 aliphatic rings. The number of piperidine rings is 3. The van der Waals surface area contributed by atoms with E-state index >= 15 is 0 Å². The number of ether oxygens (including phenoxy) is 1. The third-order valence-corrected chi connectivity index (χ3v) is 6.61. The average Bonchev–Trinajstić information content (AvgIpc) is 3.14. The summed E-state index contributed by atoms with van der Waals surface area (Å²) in [5, 5.41) is 3.77. The van der Waals surface area contributed by atoms with E-state index in [0.29, 0.717) is 33.2 Å². The molecule has 27 heavy (non-hydrogen) atoms. The maximum atomic E-state index is 12.7. The summed E-state index contributed by atoms with van der Waals surface area (Å²) in [4.78, 5) is 27.3. The van der Waals surface area contributed by atoms with Crippen molar-refractivity contribution >= 4 is 23.2 Å². The van der Waals surface area contributed by atoms with E-state index in [1.165, 1.54) is 11.3 Å². The number of rotatable bonds is 5. The van der Waals surface area contributed by atoms with E-state index in [1.54, 1.807) is 36.4 Å². The van der Waals surface area contributed by atoms with Gasteiger partial charge in [0.25, 0.3) is 11.8 Å². The van der Waals surface area contributed by atoms with Crippen LogP contribution in [0.5, 0.6) is 10.8 Å². The normalized spacial score (nSPS) is 26.6. The van der Waals surface area contributed by atoms with E-state index < -0.39 is 5.91 Å². The van der Waals surface area contributed by atoms with Gasteiger partial charge in [-0.15, -0.1) is 0 Å². The molecule has 7 heteroatoms. The van der Waals surface area contributed by atoms with Crippen LogP contribution in [0, 0.1) is 5.92 Å². The van der Waals surface area contributed by atoms with Crippen molar-refractivity contribution < 1.29 is 14.3 Å². The lowest BCUT2D eigenvalue weighted by Gasteiger charge is -2.49. The molecule has 0 radical (unpaired) electrons. The minimum atomic E-state index is -0.545. The van der Waals surface area contributed by atoms with Crippen LogP contribution in [0.25, 0.3) is 0 Å². The van der Waals surface area contributed by atoms with Gasteiger partial charge in [-0.05, 0) is 63.0 Å². The molecule has 6 nitrogen and oxygen atoms in total. The number of nitrogens with two attached hydrogens (primary N) is 1. The van der Waals surface area contributed by atoms with Gasteiger partial charge >= 0.3 is 0 Å². The van der Waals surface area contributed by atoms with Crippen molar-refractivity contribution in [3.8, 4) is 10.8 Å². The Kier molecular flexibility index (Phi) is 4.88. The van der Waals surface area contributed by atoms with Crippen molar-refractivity contribution in [2.45, 2.75) is 31.8 Å². The molecule has 3 aliphatic heterocycles. The first-order chi connectivity index (χ1) is 13.0. The number of nitrogens with zero attached hydrogens (tertiary/aromatic N) is 1. The standard InChI is InChI=1S/C20H23N3O3S/c1-12-18(13-8-10-23(12)11-9-13)22-20(25)16-6-7-17(27-16)26-15-5-3-2-4-14(15)19(21)24/h2-7,12-13,18H,8-11H2,1H3,(H2,21,24)(H,22,25). The van der Waals surface area contributed by atoms with E-state index in [4.69, 9.17) is 10.5 Å². The molecule has 2 aromatic rings. The van der Waals surface area contributed by atoms with Gasteiger partial charge in [0.1, 0.15) is 5.75 Å². The van der Waals surface area contributed by atoms with E-state index in [0.717, 1.165) is 25.9 Å². The number of para-hydroxylation sites is 1. The molecule has 0 saturated carbocycles. The van der Waals surface area contributed by atoms with Crippen molar-refractivity contribution in [2.24, 2.45) is 11.7 Å². The highest BCUT2D eigenvalue weighted by molar-refractivity contribution is 7.15. The summed E-state index contributed by atoms with van der Waals surface area (Å²) >= 11 is 1.27. The Balaban J connectivity index is 1.45. The van der Waals surface area contributed by atoms with Gasteiger partial charge in [-0.3, -0.25) is 14.5 Å². The molecule has 1 aromatic carbocycles. The summed E-state index contributed by atoms with van der Waals surface area (Å²) in [5.41, 5.74) is 5.70. The maximum Gasteiger partial charge on any atom is 0.261 e. The first-order valence-electron chi connectivity index (χ1n) is 9.24. The molecule has 0 spiro atoms. The second-order valence-corrected chi connectivity index (χ2v) is 8.24. The van der Waals surface area contributed by atoms with E-state index in [-0.39, 0.29) is 11.9 Å². The minimum Gasteiger partial charge on any atom is -0.446 e. The molecule has 142 valence electrons. The van der Waals surface area contributed by atoms with E-state index in [1.807, 2.05) is 0 Å². The third kappa shape index (κ3) is 3.57. The van der Waals surface area contributed by atoms with Crippen molar-refractivity contribution in [3.63, 3.8) is 0 Å². The predicted molar refractivity (Wildman–Crippen MR) is 104 cm³/mol. The van der Waals surface area contributed by atoms with Gasteiger partial charge in [0.15, 0.2) is 5.06 Å². The zero-order valence-corrected chi connectivity index (χ0v) is 16.0. The predicted octanol–water partition coefficient (Wildman–Crippen LogP) is 2.85. The Hall–Kier alpha value is -2.38. The van der Waals surface area contributed by atoms with Crippen LogP contribution in [0.2, 0.25) is 0 Å². The monoisotopic (exact) mass is 385 g/mol. The number of hydrogen-bond donors (Lipinski definition) is 2. The minimum absolute atomic E-state index is 0.0661. The second-order valence-electron chi connectivity index (χ2n) is 7.19. The average molecular weight is 385 g/mol. The third-order valence-electron chi connectivity index (χ3n) is 5.64. The highest BCUT2D eigenvalue weighted by atomic mass is 32.1. The summed E-state index contributed by atoms with van der Waals surface area (Å²) < 4.78 is 5.79. The number of primary amides is 1. The maximum absolute atomic E-state index is 12.7. The lowest BCUT2D eigenvalue weighted by molar-refractivity contribution is 0.0218. The fourth-order valence-corrected chi connectivity index (χ4v) is 4.90. The number of carbonyl (C=O) groups excluding carboxylic acids is 2. The summed E-state index contributed by atoms with van der Waals surface area (Å²) in [6, 6.07) is 10.9. The first-order valence-corrected chi connectivity index (χ1v) is 10.1. The largest absolute Gasteiger partial charge is 0.446 e. The van der Waals surface area contributed by atoms with Crippen LogP contribution in [0.15, 0.2) is 36.4 Å². The number of nitrogens with one attached hydrogen (secondary N) is 1. The fourth-order valence-electron chi connectivity index (χ4n) is 4.13. The Morgan fingerprint density at radius 2 is 1.93 bits per heavy atom. The highest BCUT2D eigenvalue weighted by Gasteiger charge is 2.40. The number of fused-ring (bicyclic) bond motifs is 3. The Labute approximate surface area is 162 Å². The molecule has 5 rings (SSSR count). The molecule has 2 atom stereocenters. The van der Waals surface area contributed by atoms with E-state index in [9.17, 15) is 9.59 Å². The van der Waals surface area contributed by atoms with Gasteiger partial charge in [-0.2, -0.15) is 0 Å². The Bertz CT molecular complexity index is 856. The van der Waals surface area contributed by atoms with Crippen LogP contribution in [0.4, 0.5) is 0 Å². The van der Waals surface area contributed by atoms with Crippen LogP contribution in [-0.2, 0) is 0 Å². The summed E-state index contributed by atoms with van der Waals surface area (Å²) in [6.45, 7) is 4.46. The first kappa shape index (κ1) is 18.0. The molecule has 2 amide bonds. The molecule has 3 N–H and O–H groups in total. The van der Waals surface area contributed by atoms with Gasteiger partial charge < -0.3 is 15.8 Å². The van der Waals surface area contributed by atoms with Crippen molar-refractivity contribution in [1.29, 1.82) is 0 Å². The molecule has 2 unspecified atom stereocenters. The Morgan fingerprint density at radius 3 is 2.63 bits per heavy atom. The zero-order chi connectivity index (χ0) is 19.0. The quantitative estimate of drug-likeness (QED) is 0.829. The smallest absolute Gasteiger partial charge is 0.261 e. The SMILES string of the molecule is CC1C(NC(=O)c2ccc(Oc3ccccc3C(N)=O)s2)C2CCN1CC2. The molecule has 0 aliphatic carbocycles. The second kappa shape index (κ2) is 7.32. The van der Waals surface area contributed by atoms with Gasteiger partial charge in [-0.25, -0.2) is 0 Å². The topological polar surface area (TPSA) is 84.7 Å². The highest BCUT2D eigenvalue weighted by Crippen LogP contribution is 2.34. The van der Waals surface area contributed by atoms with Crippen LogP contribution in [0.3, 0.4) is 0 Å². The van der Waals surface area contributed by atoms with Gasteiger partial charge in [-0.1, -0.05) is 23.5 Å². The molecule has 1 aromatic heterocycles. The molecule has 2 bridgehead atoms. The van der Waals surface area contributed by atoms with Crippen molar-refractivity contribution in [2.75, 3.05) is 13.1 Å². The molecule has 3 saturated heterocycles. The number of carbonyl (C=O) groups is 2. The van der Waals surface area contributed by atoms with Crippen LogP contribution in [0.1, 0.15) is 39.8 Å². The van der Waals surface area contributed by atoms with Crippen LogP contribution < -0.4 is 15.8 Å². The molecular weight excluding hydrogens is 362 g/mol. The van der Waals surface area contributed by atoms with E-state index in [2.05, 4.69) is 17.1 Å². The van der Waals surface area contributed by atoms with Crippen molar-refractivity contribution in [3.05, 3.63) is 46.8 Å². The van der Waals surface area contributed by atoms with Crippen molar-refractivity contribution in [1.82, 2.24) is 10.2 Å². The summed E-state index contributed by atoms with van der Waals surface area (Å²) in [7, 11) is 0. The molecule has 4 heterocycles. The van der Waals surface area contributed by atoms with Gasteiger partial charge in [0, 0.05) is 12.1 Å². The number of thiophene rings is 1. The number of hydrogen-bond acceptors (Lipinski definition) is 5. The van der Waals surface area contributed by atoms with Gasteiger partial charge in [0.05, 0.1) is 10.4 Å². The number of amides is 2. The summed E-state index contributed by atoms with van der Waals surface area (Å²) in [6.07, 6.45) is 2.30. The number of benzene rings is 1. The molecule has 3 fully saturated rings. The van der Waals surface area contributed by atoms with Crippen LogP contribution in [-0.4, -0.2) is 41.9 Å². The molecular formula is C20H23N3O3S. The lowest BCUT2D eigenvalue weighted by Crippen LogP contribution is -2.62. The fraction of sp³-hybridized carbons (Fsp3) is 0.400. The van der Waals surface area contributed by atoms with Gasteiger partial charge in [0.2, 0.25) is 0 Å².